The molecule has 0 saturated heterocycles. The van der Waals surface area contributed by atoms with Crippen molar-refractivity contribution < 1.29 is 23.5 Å². The summed E-state index contributed by atoms with van der Waals surface area (Å²) in [5.41, 5.74) is 6.33. The van der Waals surface area contributed by atoms with Gasteiger partial charge in [-0.1, -0.05) is 43.7 Å². The fourth-order valence-electron chi connectivity index (χ4n) is 2.64. The van der Waals surface area contributed by atoms with Crippen molar-refractivity contribution in [2.75, 3.05) is 6.61 Å². The van der Waals surface area contributed by atoms with Gasteiger partial charge in [-0.05, 0) is 24.6 Å². The summed E-state index contributed by atoms with van der Waals surface area (Å²) >= 11 is 0. The molecule has 1 aromatic heterocycles. The van der Waals surface area contributed by atoms with E-state index in [0.717, 1.165) is 12.8 Å². The Balaban J connectivity index is 2.10. The summed E-state index contributed by atoms with van der Waals surface area (Å²) < 4.78 is 16.2. The third kappa shape index (κ3) is 3.69. The number of amides is 1. The highest BCUT2D eigenvalue weighted by atomic mass is 16.6. The van der Waals surface area contributed by atoms with Crippen LogP contribution in [0.4, 0.5) is 4.79 Å². The third-order valence-corrected chi connectivity index (χ3v) is 3.86. The summed E-state index contributed by atoms with van der Waals surface area (Å²) in [6, 6.07) is 14.3. The third-order valence-electron chi connectivity index (χ3n) is 3.86. The maximum Gasteiger partial charge on any atom is 0.412 e. The van der Waals surface area contributed by atoms with Crippen LogP contribution in [0.25, 0.3) is 22.3 Å². The second-order valence-corrected chi connectivity index (χ2v) is 5.74. The predicted octanol–water partition coefficient (Wildman–Crippen LogP) is 4.51. The molecule has 0 aliphatic rings. The Kier molecular flexibility index (Phi) is 5.22. The van der Waals surface area contributed by atoms with Gasteiger partial charge in [0, 0.05) is 10.9 Å². The number of nitrogens with two attached hydrogens (primary N) is 1. The van der Waals surface area contributed by atoms with Crippen LogP contribution in [0.5, 0.6) is 5.75 Å². The van der Waals surface area contributed by atoms with Crippen LogP contribution < -0.4 is 10.5 Å². The van der Waals surface area contributed by atoms with E-state index in [-0.39, 0.29) is 5.56 Å². The van der Waals surface area contributed by atoms with E-state index in [2.05, 4.69) is 11.7 Å². The molecule has 0 aliphatic heterocycles. The number of hydrogen-bond donors (Lipinski definition) is 1. The Morgan fingerprint density at radius 1 is 1.12 bits per heavy atom. The number of esters is 1. The molecule has 1 heterocycles. The van der Waals surface area contributed by atoms with Gasteiger partial charge in [0.15, 0.2) is 0 Å². The van der Waals surface area contributed by atoms with Gasteiger partial charge < -0.3 is 19.6 Å². The monoisotopic (exact) mass is 353 g/mol. The van der Waals surface area contributed by atoms with Gasteiger partial charge in [-0.15, -0.1) is 0 Å². The molecular weight excluding hydrogens is 334 g/mol. The van der Waals surface area contributed by atoms with Gasteiger partial charge >= 0.3 is 12.1 Å². The van der Waals surface area contributed by atoms with E-state index in [1.54, 1.807) is 30.3 Å². The van der Waals surface area contributed by atoms with E-state index < -0.39 is 12.1 Å². The van der Waals surface area contributed by atoms with E-state index in [9.17, 15) is 9.59 Å². The molecule has 0 atom stereocenters. The highest BCUT2D eigenvalue weighted by molar-refractivity contribution is 6.11. The van der Waals surface area contributed by atoms with Crippen molar-refractivity contribution in [2.24, 2.45) is 5.73 Å². The summed E-state index contributed by atoms with van der Waals surface area (Å²) in [6.07, 6.45) is 0.774. The molecule has 6 nitrogen and oxygen atoms in total. The van der Waals surface area contributed by atoms with Crippen LogP contribution in [0.1, 0.15) is 30.1 Å². The molecule has 0 radical (unpaired) electrons. The van der Waals surface area contributed by atoms with Crippen LogP contribution in [0, 0.1) is 0 Å². The number of hydrogen-bond acceptors (Lipinski definition) is 5. The molecule has 0 fully saturated rings. The molecule has 3 aromatic rings. The lowest BCUT2D eigenvalue weighted by atomic mass is 10.1. The first-order valence-electron chi connectivity index (χ1n) is 8.36. The number of benzene rings is 2. The molecule has 6 heteroatoms. The van der Waals surface area contributed by atoms with Crippen LogP contribution in [-0.2, 0) is 4.74 Å². The second-order valence-electron chi connectivity index (χ2n) is 5.74. The number of primary amides is 1. The molecule has 1 amide bonds. The van der Waals surface area contributed by atoms with Gasteiger partial charge in [-0.3, -0.25) is 0 Å². The molecule has 26 heavy (non-hydrogen) atoms. The average Bonchev–Trinajstić information content (AvgIpc) is 3.01. The lowest BCUT2D eigenvalue weighted by molar-refractivity contribution is 0.0640. The van der Waals surface area contributed by atoms with Crippen LogP contribution in [-0.4, -0.2) is 18.7 Å². The Bertz CT molecular complexity index is 930. The zero-order valence-corrected chi connectivity index (χ0v) is 14.4. The lowest BCUT2D eigenvalue weighted by Gasteiger charge is -2.05. The van der Waals surface area contributed by atoms with E-state index in [1.165, 1.54) is 0 Å². The van der Waals surface area contributed by atoms with Gasteiger partial charge in [0.25, 0.3) is 0 Å². The van der Waals surface area contributed by atoms with Gasteiger partial charge in [0.2, 0.25) is 0 Å². The first kappa shape index (κ1) is 17.5. The zero-order valence-electron chi connectivity index (χ0n) is 14.4. The summed E-state index contributed by atoms with van der Waals surface area (Å²) in [7, 11) is 0. The van der Waals surface area contributed by atoms with Crippen molar-refractivity contribution >= 4 is 23.0 Å². The number of carbonyl (C=O) groups is 2. The molecule has 2 aromatic carbocycles. The van der Waals surface area contributed by atoms with Crippen molar-refractivity contribution in [1.29, 1.82) is 0 Å². The standard InChI is InChI=1S/C20H19NO5/c1-2-3-11-24-14-9-10-16-15(12-14)17(19(22)26-20(21)23)18(25-16)13-7-5-4-6-8-13/h4-10,12H,2-3,11H2,1H3,(H2,21,23). The average molecular weight is 353 g/mol. The molecule has 0 saturated carbocycles. The summed E-state index contributed by atoms with van der Waals surface area (Å²) in [5.74, 6) is 0.0675. The summed E-state index contributed by atoms with van der Waals surface area (Å²) in [6.45, 7) is 2.65. The topological polar surface area (TPSA) is 91.8 Å². The molecule has 134 valence electrons. The van der Waals surface area contributed by atoms with E-state index in [4.69, 9.17) is 14.9 Å². The maximum absolute atomic E-state index is 12.5. The minimum absolute atomic E-state index is 0.144. The van der Waals surface area contributed by atoms with Crippen LogP contribution in [0.2, 0.25) is 0 Å². The van der Waals surface area contributed by atoms with Crippen molar-refractivity contribution in [3.05, 3.63) is 54.1 Å². The van der Waals surface area contributed by atoms with Crippen molar-refractivity contribution in [3.8, 4) is 17.1 Å². The highest BCUT2D eigenvalue weighted by Gasteiger charge is 2.25. The van der Waals surface area contributed by atoms with Gasteiger partial charge in [-0.2, -0.15) is 0 Å². The number of rotatable bonds is 6. The molecular formula is C20H19NO5. The Morgan fingerprint density at radius 3 is 2.58 bits per heavy atom. The molecule has 0 aliphatic carbocycles. The molecule has 3 rings (SSSR count). The largest absolute Gasteiger partial charge is 0.494 e. The normalized spacial score (nSPS) is 10.7. The molecule has 0 unspecified atom stereocenters. The van der Waals surface area contributed by atoms with Crippen molar-refractivity contribution in [1.82, 2.24) is 0 Å². The zero-order chi connectivity index (χ0) is 18.5. The number of carbonyl (C=O) groups excluding carboxylic acids is 2. The molecule has 0 spiro atoms. The van der Waals surface area contributed by atoms with Crippen molar-refractivity contribution in [3.63, 3.8) is 0 Å². The van der Waals surface area contributed by atoms with Gasteiger partial charge in [-0.25, -0.2) is 9.59 Å². The molecule has 0 bridgehead atoms. The maximum atomic E-state index is 12.5. The SMILES string of the molecule is CCCCOc1ccc2oc(-c3ccccc3)c(C(=O)OC(N)=O)c2c1. The lowest BCUT2D eigenvalue weighted by Crippen LogP contribution is -2.18. The quantitative estimate of drug-likeness (QED) is 0.400. The van der Waals surface area contributed by atoms with Crippen LogP contribution in [0.15, 0.2) is 52.9 Å². The number of unbranched alkanes of at least 4 members (excludes halogenated alkanes) is 1. The minimum atomic E-state index is -1.17. The number of ether oxygens (including phenoxy) is 2. The predicted molar refractivity (Wildman–Crippen MR) is 97.1 cm³/mol. The summed E-state index contributed by atoms with van der Waals surface area (Å²) in [4.78, 5) is 23.5. The van der Waals surface area contributed by atoms with Crippen molar-refractivity contribution in [2.45, 2.75) is 19.8 Å². The van der Waals surface area contributed by atoms with E-state index in [1.807, 2.05) is 18.2 Å². The number of fused-ring (bicyclic) bond motifs is 1. The van der Waals surface area contributed by atoms with E-state index in [0.29, 0.717) is 34.6 Å². The molecule has 2 N–H and O–H groups in total. The Hall–Kier alpha value is -3.28. The van der Waals surface area contributed by atoms with Crippen LogP contribution in [0.3, 0.4) is 0 Å². The smallest absolute Gasteiger partial charge is 0.412 e. The first-order valence-corrected chi connectivity index (χ1v) is 8.36. The minimum Gasteiger partial charge on any atom is -0.494 e. The van der Waals surface area contributed by atoms with Crippen LogP contribution >= 0.6 is 0 Å². The Morgan fingerprint density at radius 2 is 1.88 bits per heavy atom. The second kappa shape index (κ2) is 7.74. The van der Waals surface area contributed by atoms with Gasteiger partial charge in [0.05, 0.1) is 6.61 Å². The fraction of sp³-hybridized carbons (Fsp3) is 0.200. The van der Waals surface area contributed by atoms with Gasteiger partial charge in [0.1, 0.15) is 22.7 Å². The summed E-state index contributed by atoms with van der Waals surface area (Å²) in [5, 5.41) is 0.504. The first-order chi connectivity index (χ1) is 12.6. The Labute approximate surface area is 150 Å². The fourth-order valence-corrected chi connectivity index (χ4v) is 2.64. The van der Waals surface area contributed by atoms with E-state index >= 15 is 0 Å². The number of furan rings is 1. The highest BCUT2D eigenvalue weighted by Crippen LogP contribution is 2.36.